The zero-order valence-electron chi connectivity index (χ0n) is 14.3. The zero-order valence-corrected chi connectivity index (χ0v) is 15.2. The van der Waals surface area contributed by atoms with Gasteiger partial charge in [0, 0.05) is 23.9 Å². The molecular weight excluding hydrogens is 333 g/mol. The van der Waals surface area contributed by atoms with Gasteiger partial charge in [-0.05, 0) is 46.0 Å². The first kappa shape index (κ1) is 20.3. The lowest BCUT2D eigenvalue weighted by atomic mass is 10.3. The second-order valence-corrected chi connectivity index (χ2v) is 6.88. The van der Waals surface area contributed by atoms with Gasteiger partial charge in [-0.2, -0.15) is 0 Å². The van der Waals surface area contributed by atoms with Crippen LogP contribution in [0.1, 0.15) is 20.8 Å². The molecule has 0 radical (unpaired) electrons. The second kappa shape index (κ2) is 9.54. The van der Waals surface area contributed by atoms with Gasteiger partial charge >= 0.3 is 7.60 Å². The minimum atomic E-state index is -3.52. The Labute approximate surface area is 141 Å². The molecule has 1 aromatic carbocycles. The molecule has 0 aromatic heterocycles. The van der Waals surface area contributed by atoms with Crippen LogP contribution in [0.15, 0.2) is 35.8 Å². The molecule has 1 rings (SSSR count). The monoisotopic (exact) mass is 357 g/mol. The molecule has 1 atom stereocenters. The third-order valence-corrected chi connectivity index (χ3v) is 5.15. The lowest BCUT2D eigenvalue weighted by Gasteiger charge is -2.22. The molecule has 1 unspecified atom stereocenters. The van der Waals surface area contributed by atoms with Gasteiger partial charge in [-0.3, -0.25) is 14.7 Å². The summed E-state index contributed by atoms with van der Waals surface area (Å²) in [7, 11) is -1.74. The number of nitro benzene ring substituents is 1. The maximum atomic E-state index is 13.0. The molecule has 0 bridgehead atoms. The van der Waals surface area contributed by atoms with E-state index in [0.29, 0.717) is 11.1 Å². The lowest BCUT2D eigenvalue weighted by molar-refractivity contribution is -0.384. The fraction of sp³-hybridized carbons (Fsp3) is 0.467. The van der Waals surface area contributed by atoms with Gasteiger partial charge in [0.25, 0.3) is 5.69 Å². The van der Waals surface area contributed by atoms with Crippen molar-refractivity contribution < 1.29 is 18.5 Å². The molecule has 0 aliphatic rings. The van der Waals surface area contributed by atoms with E-state index in [1.165, 1.54) is 24.3 Å². The molecule has 1 aromatic rings. The van der Waals surface area contributed by atoms with E-state index >= 15 is 0 Å². The number of likely N-dealkylation sites (N-methyl/N-ethyl adjacent to an activating group) is 1. The van der Waals surface area contributed by atoms with E-state index in [1.54, 1.807) is 27.0 Å². The predicted molar refractivity (Wildman–Crippen MR) is 94.2 cm³/mol. The summed E-state index contributed by atoms with van der Waals surface area (Å²) in [6.07, 6.45) is 1.72. The number of hydrogen-bond acceptors (Lipinski definition) is 7. The predicted octanol–water partition coefficient (Wildman–Crippen LogP) is 3.72. The van der Waals surface area contributed by atoms with Crippen LogP contribution >= 0.6 is 7.60 Å². The number of nitro groups is 1. The maximum absolute atomic E-state index is 13.0. The highest BCUT2D eigenvalue weighted by atomic mass is 31.2. The van der Waals surface area contributed by atoms with Crippen LogP contribution in [0.2, 0.25) is 0 Å². The number of nitrogens with one attached hydrogen (secondary N) is 2. The Morgan fingerprint density at radius 2 is 1.83 bits per heavy atom. The fourth-order valence-corrected chi connectivity index (χ4v) is 3.56. The Balaban J connectivity index is 3.16. The van der Waals surface area contributed by atoms with E-state index in [9.17, 15) is 14.7 Å². The SMILES string of the molecule is CCOP(=O)(OCC)/C(=C/C(C)NC)Nc1ccc([N+](=O)[O-])cc1. The van der Waals surface area contributed by atoms with Crippen LogP contribution in [-0.4, -0.2) is 31.2 Å². The molecule has 24 heavy (non-hydrogen) atoms. The highest BCUT2D eigenvalue weighted by Crippen LogP contribution is 2.56. The molecule has 0 amide bonds. The van der Waals surface area contributed by atoms with Crippen molar-refractivity contribution >= 4 is 19.0 Å². The molecule has 0 fully saturated rings. The molecule has 0 aliphatic heterocycles. The van der Waals surface area contributed by atoms with E-state index in [1.807, 2.05) is 6.92 Å². The van der Waals surface area contributed by atoms with Gasteiger partial charge in [0.05, 0.1) is 18.1 Å². The van der Waals surface area contributed by atoms with Crippen LogP contribution < -0.4 is 10.6 Å². The summed E-state index contributed by atoms with van der Waals surface area (Å²) < 4.78 is 23.8. The Morgan fingerprint density at radius 1 is 1.29 bits per heavy atom. The van der Waals surface area contributed by atoms with Crippen LogP contribution in [0.3, 0.4) is 0 Å². The largest absolute Gasteiger partial charge is 0.377 e. The van der Waals surface area contributed by atoms with E-state index in [4.69, 9.17) is 9.05 Å². The van der Waals surface area contributed by atoms with E-state index in [0.717, 1.165) is 0 Å². The zero-order chi connectivity index (χ0) is 18.2. The van der Waals surface area contributed by atoms with Crippen molar-refractivity contribution in [3.05, 3.63) is 45.9 Å². The first-order valence-electron chi connectivity index (χ1n) is 7.66. The van der Waals surface area contributed by atoms with Gasteiger partial charge < -0.3 is 19.7 Å². The number of benzene rings is 1. The van der Waals surface area contributed by atoms with Crippen LogP contribution in [0.5, 0.6) is 0 Å². The standard InChI is InChI=1S/C15H24N3O5P/c1-5-22-24(21,23-6-2)15(11-12(3)16-4)17-13-7-9-14(10-8-13)18(19)20/h7-12,16-17H,5-6H2,1-4H3/b15-11+. The molecule has 9 heteroatoms. The summed E-state index contributed by atoms with van der Waals surface area (Å²) in [6, 6.07) is 5.73. The summed E-state index contributed by atoms with van der Waals surface area (Å²) in [6.45, 7) is 5.81. The van der Waals surface area contributed by atoms with Crippen molar-refractivity contribution in [2.45, 2.75) is 26.8 Å². The summed E-state index contributed by atoms with van der Waals surface area (Å²) in [4.78, 5) is 10.3. The number of rotatable bonds is 10. The molecule has 0 saturated carbocycles. The second-order valence-electron chi connectivity index (χ2n) is 4.89. The number of hydrogen-bond donors (Lipinski definition) is 2. The third-order valence-electron chi connectivity index (χ3n) is 3.11. The van der Waals surface area contributed by atoms with Crippen molar-refractivity contribution in [1.29, 1.82) is 0 Å². The molecule has 134 valence electrons. The quantitative estimate of drug-likeness (QED) is 0.374. The van der Waals surface area contributed by atoms with Crippen molar-refractivity contribution in [3.8, 4) is 0 Å². The van der Waals surface area contributed by atoms with Crippen LogP contribution in [-0.2, 0) is 13.6 Å². The van der Waals surface area contributed by atoms with Crippen LogP contribution in [0.25, 0.3) is 0 Å². The first-order chi connectivity index (χ1) is 11.4. The normalized spacial score (nSPS) is 13.6. The summed E-state index contributed by atoms with van der Waals surface area (Å²) in [5.74, 6) is 0. The smallest absolute Gasteiger partial charge is 0.349 e. The van der Waals surface area contributed by atoms with Gasteiger partial charge in [-0.25, -0.2) is 0 Å². The average molecular weight is 357 g/mol. The van der Waals surface area contributed by atoms with E-state index < -0.39 is 12.5 Å². The van der Waals surface area contributed by atoms with Gasteiger partial charge in [0.1, 0.15) is 5.44 Å². The average Bonchev–Trinajstić information content (AvgIpc) is 2.55. The minimum absolute atomic E-state index is 0.0209. The highest BCUT2D eigenvalue weighted by molar-refractivity contribution is 7.58. The third kappa shape index (κ3) is 5.72. The van der Waals surface area contributed by atoms with Crippen LogP contribution in [0, 0.1) is 10.1 Å². The van der Waals surface area contributed by atoms with Crippen molar-refractivity contribution in [1.82, 2.24) is 5.32 Å². The van der Waals surface area contributed by atoms with Gasteiger partial charge in [-0.1, -0.05) is 0 Å². The maximum Gasteiger partial charge on any atom is 0.377 e. The van der Waals surface area contributed by atoms with Crippen molar-refractivity contribution in [2.24, 2.45) is 0 Å². The minimum Gasteiger partial charge on any atom is -0.349 e. The van der Waals surface area contributed by atoms with Gasteiger partial charge in [0.2, 0.25) is 0 Å². The number of non-ortho nitro benzene ring substituents is 1. The molecule has 0 heterocycles. The van der Waals surface area contributed by atoms with Crippen LogP contribution in [0.4, 0.5) is 11.4 Å². The fourth-order valence-electron chi connectivity index (χ4n) is 1.85. The number of nitrogens with zero attached hydrogens (tertiary/aromatic N) is 1. The Bertz CT molecular complexity index is 608. The molecule has 2 N–H and O–H groups in total. The Kier molecular flexibility index (Phi) is 8.07. The lowest BCUT2D eigenvalue weighted by Crippen LogP contribution is -2.20. The molecule has 0 saturated heterocycles. The van der Waals surface area contributed by atoms with E-state index in [2.05, 4.69) is 10.6 Å². The van der Waals surface area contributed by atoms with Gasteiger partial charge in [-0.15, -0.1) is 0 Å². The molecular formula is C15H24N3O5P. The van der Waals surface area contributed by atoms with Crippen molar-refractivity contribution in [3.63, 3.8) is 0 Å². The summed E-state index contributed by atoms with van der Waals surface area (Å²) in [5, 5.41) is 16.8. The Hall–Kier alpha value is -1.73. The Morgan fingerprint density at radius 3 is 2.25 bits per heavy atom. The summed E-state index contributed by atoms with van der Waals surface area (Å²) >= 11 is 0. The topological polar surface area (TPSA) is 103 Å². The molecule has 8 nitrogen and oxygen atoms in total. The highest BCUT2D eigenvalue weighted by Gasteiger charge is 2.30. The van der Waals surface area contributed by atoms with Gasteiger partial charge in [0.15, 0.2) is 0 Å². The number of anilines is 1. The van der Waals surface area contributed by atoms with E-state index in [-0.39, 0.29) is 24.9 Å². The van der Waals surface area contributed by atoms with Crippen molar-refractivity contribution in [2.75, 3.05) is 25.6 Å². The summed E-state index contributed by atoms with van der Waals surface area (Å²) in [5.41, 5.74) is 0.823. The molecule has 0 spiro atoms. The molecule has 0 aliphatic carbocycles. The first-order valence-corrected chi connectivity index (χ1v) is 9.20.